The number of carbonyl (C=O) groups excluding carboxylic acids is 3. The predicted molar refractivity (Wildman–Crippen MR) is 230 cm³/mol. The molecule has 1 aliphatic heterocycles. The van der Waals surface area contributed by atoms with E-state index < -0.39 is 17.9 Å². The molecule has 6 aromatic rings. The zero-order valence-electron chi connectivity index (χ0n) is 34.6. The highest BCUT2D eigenvalue weighted by molar-refractivity contribution is 6.12. The van der Waals surface area contributed by atoms with E-state index in [0.717, 1.165) is 22.4 Å². The van der Waals surface area contributed by atoms with E-state index >= 15 is 0 Å². The van der Waals surface area contributed by atoms with Crippen molar-refractivity contribution in [1.29, 1.82) is 0 Å². The smallest absolute Gasteiger partial charge is 0.265 e. The van der Waals surface area contributed by atoms with Gasteiger partial charge >= 0.3 is 0 Å². The molecule has 0 saturated carbocycles. The number of methoxy groups -OCH3 is 5. The van der Waals surface area contributed by atoms with Gasteiger partial charge in [-0.15, -0.1) is 0 Å². The number of hydrogen-bond donors (Lipinski definition) is 2. The number of benzene rings is 5. The van der Waals surface area contributed by atoms with E-state index in [1.165, 1.54) is 26.4 Å². The largest absolute Gasteiger partial charge is 0.493 e. The maximum absolute atomic E-state index is 13.9. The summed E-state index contributed by atoms with van der Waals surface area (Å²) in [4.78, 5) is 46.7. The fourth-order valence-electron chi connectivity index (χ4n) is 7.23. The molecule has 14 heteroatoms. The molecule has 1 unspecified atom stereocenters. The number of ether oxygens (including phenoxy) is 6. The van der Waals surface area contributed by atoms with Crippen molar-refractivity contribution in [3.8, 4) is 40.2 Å². The van der Waals surface area contributed by atoms with E-state index in [1.807, 2.05) is 59.3 Å². The van der Waals surface area contributed by atoms with Crippen molar-refractivity contribution in [2.45, 2.75) is 32.0 Å². The SMILES string of the molecule is COc1cc(NC(=O)C2CC(=O)c3ccccc3O2)c(C(=O)Nc2ccc(CCN(Cc3cccc(-n4ccnc4)c3)Cc3cc(OC)c(OC)c(OC)c3)cc2)cc1OC. The summed E-state index contributed by atoms with van der Waals surface area (Å²) in [7, 11) is 7.71. The molecule has 0 fully saturated rings. The summed E-state index contributed by atoms with van der Waals surface area (Å²) in [6, 6.07) is 29.7. The third-order valence-electron chi connectivity index (χ3n) is 10.3. The van der Waals surface area contributed by atoms with Gasteiger partial charge in [0.05, 0.1) is 65.1 Å². The van der Waals surface area contributed by atoms with Gasteiger partial charge in [-0.3, -0.25) is 19.3 Å². The van der Waals surface area contributed by atoms with Crippen LogP contribution >= 0.6 is 0 Å². The van der Waals surface area contributed by atoms with Crippen LogP contribution in [-0.4, -0.2) is 80.2 Å². The lowest BCUT2D eigenvalue weighted by atomic mass is 10.00. The van der Waals surface area contributed by atoms with Gasteiger partial charge < -0.3 is 43.6 Å². The second-order valence-electron chi connectivity index (χ2n) is 14.3. The number of anilines is 2. The number of fused-ring (bicyclic) bond motifs is 1. The predicted octanol–water partition coefficient (Wildman–Crippen LogP) is 7.39. The van der Waals surface area contributed by atoms with E-state index in [0.29, 0.717) is 71.8 Å². The van der Waals surface area contributed by atoms with E-state index in [2.05, 4.69) is 32.7 Å². The van der Waals surface area contributed by atoms with Crippen LogP contribution in [0, 0.1) is 0 Å². The van der Waals surface area contributed by atoms with Crippen molar-refractivity contribution in [3.63, 3.8) is 0 Å². The highest BCUT2D eigenvalue weighted by Gasteiger charge is 2.32. The number of para-hydroxylation sites is 1. The summed E-state index contributed by atoms with van der Waals surface area (Å²) in [5.41, 5.74) is 5.45. The second kappa shape index (κ2) is 19.2. The van der Waals surface area contributed by atoms with Crippen LogP contribution in [0.25, 0.3) is 5.69 Å². The number of aromatic nitrogens is 2. The lowest BCUT2D eigenvalue weighted by Gasteiger charge is -2.25. The first-order chi connectivity index (χ1) is 29.7. The van der Waals surface area contributed by atoms with Gasteiger partial charge in [0.1, 0.15) is 5.75 Å². The molecular formula is C47H47N5O9. The molecule has 1 aliphatic rings. The van der Waals surface area contributed by atoms with Crippen LogP contribution in [0.3, 0.4) is 0 Å². The summed E-state index contributed by atoms with van der Waals surface area (Å²) >= 11 is 0. The minimum Gasteiger partial charge on any atom is -0.493 e. The molecule has 7 rings (SSSR count). The Balaban J connectivity index is 1.07. The second-order valence-corrected chi connectivity index (χ2v) is 14.3. The van der Waals surface area contributed by atoms with Gasteiger partial charge in [-0.05, 0) is 77.7 Å². The quantitative estimate of drug-likeness (QED) is 0.0948. The molecule has 314 valence electrons. The number of ketones is 1. The van der Waals surface area contributed by atoms with Crippen LogP contribution in [0.2, 0.25) is 0 Å². The monoisotopic (exact) mass is 825 g/mol. The zero-order valence-corrected chi connectivity index (χ0v) is 34.6. The number of rotatable bonds is 17. The topological polar surface area (TPSA) is 152 Å². The Bertz CT molecular complexity index is 2480. The lowest BCUT2D eigenvalue weighted by Crippen LogP contribution is -2.38. The Morgan fingerprint density at radius 1 is 0.754 bits per heavy atom. The number of nitrogens with one attached hydrogen (secondary N) is 2. The molecule has 0 bridgehead atoms. The number of imidazole rings is 1. The van der Waals surface area contributed by atoms with Crippen LogP contribution in [0.4, 0.5) is 11.4 Å². The summed E-state index contributed by atoms with van der Waals surface area (Å²) in [5, 5.41) is 5.73. The van der Waals surface area contributed by atoms with Crippen molar-refractivity contribution in [3.05, 3.63) is 144 Å². The van der Waals surface area contributed by atoms with Crippen molar-refractivity contribution in [1.82, 2.24) is 14.5 Å². The van der Waals surface area contributed by atoms with Crippen LogP contribution in [0.1, 0.15) is 43.8 Å². The molecule has 0 radical (unpaired) electrons. The third kappa shape index (κ3) is 9.77. The minimum absolute atomic E-state index is 0.122. The van der Waals surface area contributed by atoms with Crippen molar-refractivity contribution < 1.29 is 42.8 Å². The molecule has 1 aromatic heterocycles. The number of hydrogen-bond acceptors (Lipinski definition) is 11. The van der Waals surface area contributed by atoms with E-state index in [1.54, 1.807) is 58.1 Å². The molecule has 0 spiro atoms. The van der Waals surface area contributed by atoms with Gasteiger partial charge in [0.25, 0.3) is 11.8 Å². The molecular weight excluding hydrogens is 779 g/mol. The maximum Gasteiger partial charge on any atom is 0.265 e. The number of carbonyl (C=O) groups is 3. The lowest BCUT2D eigenvalue weighted by molar-refractivity contribution is -0.122. The molecule has 1 atom stereocenters. The van der Waals surface area contributed by atoms with E-state index in [9.17, 15) is 14.4 Å². The molecule has 0 aliphatic carbocycles. The highest BCUT2D eigenvalue weighted by atomic mass is 16.5. The Kier molecular flexibility index (Phi) is 13.1. The first-order valence-electron chi connectivity index (χ1n) is 19.5. The van der Waals surface area contributed by atoms with Crippen molar-refractivity contribution in [2.24, 2.45) is 0 Å². The Labute approximate surface area is 353 Å². The number of Topliss-reactive ketones (excluding diaryl/α,β-unsaturated/α-hetero) is 1. The third-order valence-corrected chi connectivity index (χ3v) is 10.3. The maximum atomic E-state index is 13.9. The molecule has 2 amide bonds. The molecule has 2 N–H and O–H groups in total. The van der Waals surface area contributed by atoms with Gasteiger partial charge in [-0.25, -0.2) is 4.98 Å². The number of amides is 2. The minimum atomic E-state index is -1.09. The molecule has 0 saturated heterocycles. The van der Waals surface area contributed by atoms with E-state index in [4.69, 9.17) is 28.4 Å². The Morgan fingerprint density at radius 3 is 2.15 bits per heavy atom. The fraction of sp³-hybridized carbons (Fsp3) is 0.234. The molecule has 14 nitrogen and oxygen atoms in total. The van der Waals surface area contributed by atoms with E-state index in [-0.39, 0.29) is 23.5 Å². The van der Waals surface area contributed by atoms with Gasteiger partial charge in [-0.1, -0.05) is 36.4 Å². The molecule has 5 aromatic carbocycles. The van der Waals surface area contributed by atoms with Gasteiger partial charge in [-0.2, -0.15) is 0 Å². The van der Waals surface area contributed by atoms with Gasteiger partial charge in [0, 0.05) is 49.5 Å². The highest BCUT2D eigenvalue weighted by Crippen LogP contribution is 2.39. The van der Waals surface area contributed by atoms with Crippen LogP contribution < -0.4 is 39.1 Å². The van der Waals surface area contributed by atoms with Crippen molar-refractivity contribution in [2.75, 3.05) is 52.7 Å². The van der Waals surface area contributed by atoms with Crippen LogP contribution in [0.15, 0.2) is 116 Å². The molecule has 61 heavy (non-hydrogen) atoms. The summed E-state index contributed by atoms with van der Waals surface area (Å²) in [6.07, 6.45) is 4.92. The van der Waals surface area contributed by atoms with Crippen LogP contribution in [0.5, 0.6) is 34.5 Å². The average Bonchev–Trinajstić information content (AvgIpc) is 3.84. The normalized spacial score (nSPS) is 13.1. The van der Waals surface area contributed by atoms with Crippen molar-refractivity contribution >= 4 is 29.0 Å². The van der Waals surface area contributed by atoms with Gasteiger partial charge in [0.2, 0.25) is 5.75 Å². The summed E-state index contributed by atoms with van der Waals surface area (Å²) in [6.45, 7) is 1.96. The Morgan fingerprint density at radius 2 is 1.46 bits per heavy atom. The van der Waals surface area contributed by atoms with Crippen LogP contribution in [-0.2, 0) is 24.3 Å². The fourth-order valence-corrected chi connectivity index (χ4v) is 7.23. The first kappa shape index (κ1) is 41.8. The standard InChI is InChI=1S/C47H47N5O9/c1-56-40-24-36(37(25-41(40)57-2)50-47(55)44-26-38(53)35-11-6-7-12-39(35)61-44)46(54)49-33-15-13-30(14-16-33)17-19-51(27-31-9-8-10-34(21-31)52-20-18-48-29-52)28-32-22-42(58-3)45(60-5)43(23-32)59-4/h6-16,18,20-25,29,44H,17,19,26-28H2,1-5H3,(H,49,54)(H,50,55). The number of nitrogens with zero attached hydrogens (tertiary/aromatic N) is 3. The average molecular weight is 826 g/mol. The Hall–Kier alpha value is -7.32. The summed E-state index contributed by atoms with van der Waals surface area (Å²) in [5.74, 6) is 1.33. The van der Waals surface area contributed by atoms with Gasteiger partial charge in [0.15, 0.2) is 34.9 Å². The zero-order chi connectivity index (χ0) is 42.9. The molecule has 2 heterocycles. The summed E-state index contributed by atoms with van der Waals surface area (Å²) < 4.78 is 35.7. The first-order valence-corrected chi connectivity index (χ1v) is 19.5.